The Balaban J connectivity index is 2.12. The third-order valence-electron chi connectivity index (χ3n) is 4.18. The maximum atomic E-state index is 6.09. The van der Waals surface area contributed by atoms with Gasteiger partial charge in [-0.1, -0.05) is 46.2 Å². The van der Waals surface area contributed by atoms with Gasteiger partial charge < -0.3 is 4.74 Å². The van der Waals surface area contributed by atoms with E-state index in [2.05, 4.69) is 44.6 Å². The van der Waals surface area contributed by atoms with Gasteiger partial charge in [0.1, 0.15) is 17.1 Å². The normalized spacial score (nSPS) is 27.4. The minimum Gasteiger partial charge on any atom is -0.474 e. The second-order valence-electron chi connectivity index (χ2n) is 7.11. The van der Waals surface area contributed by atoms with Gasteiger partial charge in [0.05, 0.1) is 0 Å². The van der Waals surface area contributed by atoms with Crippen LogP contribution in [0.1, 0.15) is 59.7 Å². The summed E-state index contributed by atoms with van der Waals surface area (Å²) in [5.41, 5.74) is -0.128. The van der Waals surface area contributed by atoms with Crippen molar-refractivity contribution in [3.05, 3.63) is 17.0 Å². The summed E-state index contributed by atoms with van der Waals surface area (Å²) in [5, 5.41) is 0.456. The van der Waals surface area contributed by atoms with E-state index in [-0.39, 0.29) is 11.5 Å². The molecule has 1 aromatic heterocycles. The number of hydrogen-bond donors (Lipinski definition) is 0. The molecule has 0 amide bonds. The number of nitrogens with zero attached hydrogens (tertiary/aromatic N) is 2. The first-order valence-electron chi connectivity index (χ1n) is 7.47. The summed E-state index contributed by atoms with van der Waals surface area (Å²) in [7, 11) is 0. The molecule has 112 valence electrons. The fraction of sp³-hybridized carbons (Fsp3) is 0.750. The van der Waals surface area contributed by atoms with Crippen LogP contribution in [0, 0.1) is 11.8 Å². The summed E-state index contributed by atoms with van der Waals surface area (Å²) in [4.78, 5) is 8.82. The van der Waals surface area contributed by atoms with E-state index >= 15 is 0 Å². The van der Waals surface area contributed by atoms with E-state index < -0.39 is 0 Å². The van der Waals surface area contributed by atoms with Crippen molar-refractivity contribution < 1.29 is 4.74 Å². The van der Waals surface area contributed by atoms with Crippen LogP contribution in [0.25, 0.3) is 0 Å². The number of halogens is 1. The first kappa shape index (κ1) is 15.6. The third-order valence-corrected chi connectivity index (χ3v) is 4.37. The van der Waals surface area contributed by atoms with Gasteiger partial charge in [0, 0.05) is 11.5 Å². The Morgan fingerprint density at radius 3 is 2.45 bits per heavy atom. The molecule has 0 aliphatic heterocycles. The van der Waals surface area contributed by atoms with Crippen LogP contribution >= 0.6 is 11.6 Å². The van der Waals surface area contributed by atoms with Gasteiger partial charge in [0.25, 0.3) is 0 Å². The second-order valence-corrected chi connectivity index (χ2v) is 7.50. The molecule has 1 aliphatic carbocycles. The molecule has 0 bridgehead atoms. The Bertz CT molecular complexity index is 470. The molecule has 0 aromatic carbocycles. The predicted octanol–water partition coefficient (Wildman–Crippen LogP) is 4.63. The summed E-state index contributed by atoms with van der Waals surface area (Å²) in [6, 6.07) is 1.72. The molecule has 3 nitrogen and oxygen atoms in total. The van der Waals surface area contributed by atoms with Crippen LogP contribution in [0.3, 0.4) is 0 Å². The fourth-order valence-electron chi connectivity index (χ4n) is 2.57. The third kappa shape index (κ3) is 3.85. The molecule has 1 aliphatic rings. The highest BCUT2D eigenvalue weighted by molar-refractivity contribution is 6.29. The van der Waals surface area contributed by atoms with Crippen molar-refractivity contribution in [1.82, 2.24) is 9.97 Å². The zero-order valence-electron chi connectivity index (χ0n) is 13.1. The molecule has 20 heavy (non-hydrogen) atoms. The Labute approximate surface area is 127 Å². The van der Waals surface area contributed by atoms with E-state index in [4.69, 9.17) is 16.3 Å². The van der Waals surface area contributed by atoms with Gasteiger partial charge >= 0.3 is 0 Å². The van der Waals surface area contributed by atoms with E-state index in [1.807, 2.05) is 0 Å². The molecule has 0 spiro atoms. The average molecular weight is 297 g/mol. The molecular weight excluding hydrogens is 272 g/mol. The number of ether oxygens (including phenoxy) is 1. The van der Waals surface area contributed by atoms with Crippen molar-refractivity contribution in [3.63, 3.8) is 0 Å². The second kappa shape index (κ2) is 5.88. The van der Waals surface area contributed by atoms with Gasteiger partial charge in [-0.25, -0.2) is 4.98 Å². The van der Waals surface area contributed by atoms with Crippen molar-refractivity contribution in [3.8, 4) is 5.88 Å². The molecule has 3 unspecified atom stereocenters. The van der Waals surface area contributed by atoms with Gasteiger partial charge in [-0.05, 0) is 31.1 Å². The summed E-state index contributed by atoms with van der Waals surface area (Å²) < 4.78 is 6.06. The Morgan fingerprint density at radius 2 is 1.85 bits per heavy atom. The Hall–Kier alpha value is -0.830. The van der Waals surface area contributed by atoms with Gasteiger partial charge in [0.2, 0.25) is 5.88 Å². The summed E-state index contributed by atoms with van der Waals surface area (Å²) in [6.45, 7) is 10.8. The maximum absolute atomic E-state index is 6.09. The quantitative estimate of drug-likeness (QED) is 0.746. The van der Waals surface area contributed by atoms with E-state index in [1.165, 1.54) is 6.42 Å². The highest BCUT2D eigenvalue weighted by Crippen LogP contribution is 2.32. The molecule has 1 heterocycles. The molecule has 1 fully saturated rings. The molecule has 0 N–H and O–H groups in total. The van der Waals surface area contributed by atoms with E-state index in [1.54, 1.807) is 6.07 Å². The lowest BCUT2D eigenvalue weighted by molar-refractivity contribution is 0.0958. The van der Waals surface area contributed by atoms with Crippen molar-refractivity contribution in [1.29, 1.82) is 0 Å². The number of rotatable bonds is 2. The van der Waals surface area contributed by atoms with Crippen molar-refractivity contribution in [2.45, 2.75) is 65.4 Å². The van der Waals surface area contributed by atoms with Crippen LogP contribution in [0.4, 0.5) is 0 Å². The van der Waals surface area contributed by atoms with E-state index in [0.717, 1.165) is 24.6 Å². The minimum atomic E-state index is -0.128. The van der Waals surface area contributed by atoms with Gasteiger partial charge in [-0.3, -0.25) is 0 Å². The standard InChI is InChI=1S/C16H25ClN2O/c1-10-6-7-12(8-11(10)2)20-14-9-13(17)18-15(19-14)16(3,4)5/h9-12H,6-8H2,1-5H3. The van der Waals surface area contributed by atoms with Crippen molar-refractivity contribution in [2.75, 3.05) is 0 Å². The number of hydrogen-bond acceptors (Lipinski definition) is 3. The van der Waals surface area contributed by atoms with Crippen LogP contribution in [0.2, 0.25) is 5.15 Å². The Kier molecular flexibility index (Phi) is 4.58. The van der Waals surface area contributed by atoms with Gasteiger partial charge in [0.15, 0.2) is 0 Å². The van der Waals surface area contributed by atoms with Crippen LogP contribution in [0.5, 0.6) is 5.88 Å². The first-order chi connectivity index (χ1) is 9.25. The van der Waals surface area contributed by atoms with Crippen LogP contribution < -0.4 is 4.74 Å². The van der Waals surface area contributed by atoms with Crippen LogP contribution in [0.15, 0.2) is 6.07 Å². The van der Waals surface area contributed by atoms with Crippen molar-refractivity contribution >= 4 is 11.6 Å². The van der Waals surface area contributed by atoms with Crippen LogP contribution in [-0.4, -0.2) is 16.1 Å². The molecule has 2 rings (SSSR count). The summed E-state index contributed by atoms with van der Waals surface area (Å²) in [5.74, 6) is 2.83. The van der Waals surface area contributed by atoms with E-state index in [0.29, 0.717) is 17.0 Å². The minimum absolute atomic E-state index is 0.128. The SMILES string of the molecule is CC1CCC(Oc2cc(Cl)nc(C(C)(C)C)n2)CC1C. The molecule has 1 saturated carbocycles. The predicted molar refractivity (Wildman–Crippen MR) is 82.3 cm³/mol. The maximum Gasteiger partial charge on any atom is 0.218 e. The van der Waals surface area contributed by atoms with Gasteiger partial charge in [-0.2, -0.15) is 4.98 Å². The van der Waals surface area contributed by atoms with Gasteiger partial charge in [-0.15, -0.1) is 0 Å². The summed E-state index contributed by atoms with van der Waals surface area (Å²) in [6.07, 6.45) is 3.66. The van der Waals surface area contributed by atoms with E-state index in [9.17, 15) is 0 Å². The average Bonchev–Trinajstić information content (AvgIpc) is 2.32. The zero-order chi connectivity index (χ0) is 14.9. The number of aromatic nitrogens is 2. The lowest BCUT2D eigenvalue weighted by Crippen LogP contribution is -2.29. The Morgan fingerprint density at radius 1 is 1.15 bits per heavy atom. The van der Waals surface area contributed by atoms with Crippen LogP contribution in [-0.2, 0) is 5.41 Å². The topological polar surface area (TPSA) is 35.0 Å². The smallest absolute Gasteiger partial charge is 0.218 e. The molecule has 1 aromatic rings. The monoisotopic (exact) mass is 296 g/mol. The lowest BCUT2D eigenvalue weighted by Gasteiger charge is -2.32. The first-order valence-corrected chi connectivity index (χ1v) is 7.85. The molecule has 0 radical (unpaired) electrons. The molecular formula is C16H25ClN2O. The van der Waals surface area contributed by atoms with Crippen molar-refractivity contribution in [2.24, 2.45) is 11.8 Å². The lowest BCUT2D eigenvalue weighted by atomic mass is 9.80. The molecule has 0 saturated heterocycles. The molecule has 4 heteroatoms. The highest BCUT2D eigenvalue weighted by Gasteiger charge is 2.27. The highest BCUT2D eigenvalue weighted by atomic mass is 35.5. The molecule has 3 atom stereocenters. The largest absolute Gasteiger partial charge is 0.474 e. The fourth-order valence-corrected chi connectivity index (χ4v) is 2.74. The zero-order valence-corrected chi connectivity index (χ0v) is 13.9. The summed E-state index contributed by atoms with van der Waals surface area (Å²) >= 11 is 6.09.